The molecule has 0 N–H and O–H groups in total. The molecule has 0 bridgehead atoms. The number of fused-ring (bicyclic) bond motifs is 1. The van der Waals surface area contributed by atoms with Gasteiger partial charge in [-0.15, -0.1) is 0 Å². The van der Waals surface area contributed by atoms with Crippen molar-refractivity contribution in [3.05, 3.63) is 89.5 Å². The molecule has 0 aromatic heterocycles. The topological polar surface area (TPSA) is 26.3 Å². The van der Waals surface area contributed by atoms with E-state index in [9.17, 15) is 4.79 Å². The Labute approximate surface area is 154 Å². The molecule has 0 spiro atoms. The Hall–Kier alpha value is -2.87. The van der Waals surface area contributed by atoms with Crippen LogP contribution in [0, 0.1) is 0 Å². The van der Waals surface area contributed by atoms with Crippen molar-refractivity contribution in [1.29, 1.82) is 0 Å². The first-order valence-corrected chi connectivity index (χ1v) is 9.23. The van der Waals surface area contributed by atoms with E-state index in [-0.39, 0.29) is 5.78 Å². The van der Waals surface area contributed by atoms with Gasteiger partial charge < -0.3 is 4.74 Å². The number of carbonyl (C=O) groups is 1. The van der Waals surface area contributed by atoms with Crippen molar-refractivity contribution in [3.8, 4) is 16.9 Å². The summed E-state index contributed by atoms with van der Waals surface area (Å²) in [5.74, 6) is 1.02. The molecule has 3 aromatic carbocycles. The maximum atomic E-state index is 12.2. The first kappa shape index (κ1) is 16.6. The van der Waals surface area contributed by atoms with Crippen LogP contribution < -0.4 is 4.74 Å². The third-order valence-corrected chi connectivity index (χ3v) is 4.95. The Bertz CT molecular complexity index is 895. The molecule has 1 aliphatic rings. The maximum Gasteiger partial charge on any atom is 0.163 e. The molecule has 0 unspecified atom stereocenters. The highest BCUT2D eigenvalue weighted by Crippen LogP contribution is 2.26. The number of benzene rings is 3. The fourth-order valence-corrected chi connectivity index (χ4v) is 3.45. The van der Waals surface area contributed by atoms with E-state index in [1.54, 1.807) is 0 Å². The van der Waals surface area contributed by atoms with Crippen LogP contribution in [0.4, 0.5) is 0 Å². The lowest BCUT2D eigenvalue weighted by molar-refractivity contribution is 0.0981. The minimum atomic E-state index is 0.246. The number of aryl methyl sites for hydroxylation is 1. The highest BCUT2D eigenvalue weighted by molar-refractivity contribution is 5.98. The van der Waals surface area contributed by atoms with Crippen LogP contribution in [0.1, 0.15) is 40.7 Å². The van der Waals surface area contributed by atoms with Crippen LogP contribution in [0.25, 0.3) is 11.1 Å². The van der Waals surface area contributed by atoms with Crippen molar-refractivity contribution in [3.63, 3.8) is 0 Å². The smallest absolute Gasteiger partial charge is 0.163 e. The highest BCUT2D eigenvalue weighted by Gasteiger charge is 2.16. The fraction of sp³-hybridized carbons (Fsp3) is 0.208. The van der Waals surface area contributed by atoms with Gasteiger partial charge in [0.1, 0.15) is 12.4 Å². The molecule has 26 heavy (non-hydrogen) atoms. The van der Waals surface area contributed by atoms with Crippen LogP contribution in [0.3, 0.4) is 0 Å². The summed E-state index contributed by atoms with van der Waals surface area (Å²) >= 11 is 0. The summed E-state index contributed by atoms with van der Waals surface area (Å²) in [5, 5.41) is 0. The molecule has 0 aliphatic heterocycles. The molecule has 2 nitrogen and oxygen atoms in total. The Balaban J connectivity index is 1.45. The van der Waals surface area contributed by atoms with Crippen molar-refractivity contribution in [2.75, 3.05) is 0 Å². The monoisotopic (exact) mass is 342 g/mol. The standard InChI is InChI=1S/C24H22O2/c25-24-9-5-4-8-21-14-15-22(16-23(21)24)26-17-18-10-12-20(13-11-18)19-6-2-1-3-7-19/h1-3,6-7,10-16H,4-5,8-9,17H2. The van der Waals surface area contributed by atoms with Crippen LogP contribution >= 0.6 is 0 Å². The summed E-state index contributed by atoms with van der Waals surface area (Å²) in [6.07, 6.45) is 3.71. The lowest BCUT2D eigenvalue weighted by Gasteiger charge is -2.10. The van der Waals surface area contributed by atoms with E-state index in [2.05, 4.69) is 36.4 Å². The first-order chi connectivity index (χ1) is 12.8. The Morgan fingerprint density at radius 2 is 1.50 bits per heavy atom. The Morgan fingerprint density at radius 3 is 2.31 bits per heavy atom. The van der Waals surface area contributed by atoms with E-state index in [0.29, 0.717) is 13.0 Å². The van der Waals surface area contributed by atoms with Crippen LogP contribution in [-0.4, -0.2) is 5.78 Å². The molecule has 4 rings (SSSR count). The van der Waals surface area contributed by atoms with E-state index in [1.807, 2.05) is 36.4 Å². The fourth-order valence-electron chi connectivity index (χ4n) is 3.45. The first-order valence-electron chi connectivity index (χ1n) is 9.23. The molecule has 3 aromatic rings. The zero-order valence-electron chi connectivity index (χ0n) is 14.8. The van der Waals surface area contributed by atoms with Gasteiger partial charge in [-0.1, -0.05) is 60.7 Å². The van der Waals surface area contributed by atoms with E-state index >= 15 is 0 Å². The van der Waals surface area contributed by atoms with Gasteiger partial charge in [-0.25, -0.2) is 0 Å². The van der Waals surface area contributed by atoms with Gasteiger partial charge in [0.15, 0.2) is 5.78 Å². The Morgan fingerprint density at radius 1 is 0.769 bits per heavy atom. The average molecular weight is 342 g/mol. The van der Waals surface area contributed by atoms with E-state index < -0.39 is 0 Å². The highest BCUT2D eigenvalue weighted by atomic mass is 16.5. The largest absolute Gasteiger partial charge is 0.489 e. The molecule has 0 fully saturated rings. The normalized spacial score (nSPS) is 13.8. The molecule has 0 radical (unpaired) electrons. The second-order valence-corrected chi connectivity index (χ2v) is 6.80. The van der Waals surface area contributed by atoms with Crippen LogP contribution in [0.5, 0.6) is 5.75 Å². The van der Waals surface area contributed by atoms with Gasteiger partial charge in [-0.05, 0) is 53.6 Å². The van der Waals surface area contributed by atoms with Gasteiger partial charge in [0.05, 0.1) is 0 Å². The van der Waals surface area contributed by atoms with Gasteiger partial charge >= 0.3 is 0 Å². The van der Waals surface area contributed by atoms with Crippen LogP contribution in [-0.2, 0) is 13.0 Å². The molecule has 130 valence electrons. The lowest BCUT2D eigenvalue weighted by Crippen LogP contribution is -2.02. The number of hydrogen-bond acceptors (Lipinski definition) is 2. The van der Waals surface area contributed by atoms with Gasteiger partial charge in [-0.2, -0.15) is 0 Å². The van der Waals surface area contributed by atoms with Crippen molar-refractivity contribution in [2.24, 2.45) is 0 Å². The van der Waals surface area contributed by atoms with Crippen molar-refractivity contribution < 1.29 is 9.53 Å². The third-order valence-electron chi connectivity index (χ3n) is 4.95. The molecule has 1 aliphatic carbocycles. The molecule has 0 atom stereocenters. The zero-order valence-corrected chi connectivity index (χ0v) is 14.8. The number of ketones is 1. The van der Waals surface area contributed by atoms with Gasteiger partial charge in [0.25, 0.3) is 0 Å². The predicted molar refractivity (Wildman–Crippen MR) is 105 cm³/mol. The molecular weight excluding hydrogens is 320 g/mol. The van der Waals surface area contributed by atoms with Crippen molar-refractivity contribution in [2.45, 2.75) is 32.3 Å². The van der Waals surface area contributed by atoms with Gasteiger partial charge in [0.2, 0.25) is 0 Å². The molecule has 0 heterocycles. The maximum absolute atomic E-state index is 12.2. The summed E-state index contributed by atoms with van der Waals surface area (Å²) in [7, 11) is 0. The molecule has 2 heteroatoms. The van der Waals surface area contributed by atoms with Crippen LogP contribution in [0.15, 0.2) is 72.8 Å². The number of hydrogen-bond donors (Lipinski definition) is 0. The molecule has 0 saturated heterocycles. The van der Waals surface area contributed by atoms with Gasteiger partial charge in [0, 0.05) is 12.0 Å². The number of Topliss-reactive ketones (excluding diaryl/α,β-unsaturated/α-hetero) is 1. The third kappa shape index (κ3) is 3.70. The SMILES string of the molecule is O=C1CCCCc2ccc(OCc3ccc(-c4ccccc4)cc3)cc21. The summed E-state index contributed by atoms with van der Waals surface area (Å²) in [4.78, 5) is 12.2. The molecule has 0 amide bonds. The van der Waals surface area contributed by atoms with Crippen molar-refractivity contribution in [1.82, 2.24) is 0 Å². The number of carbonyl (C=O) groups excluding carboxylic acids is 1. The zero-order chi connectivity index (χ0) is 17.8. The van der Waals surface area contributed by atoms with E-state index in [0.717, 1.165) is 41.7 Å². The summed E-state index contributed by atoms with van der Waals surface area (Å²) in [6.45, 7) is 0.502. The predicted octanol–water partition coefficient (Wildman–Crippen LogP) is 5.84. The van der Waals surface area contributed by atoms with Crippen molar-refractivity contribution >= 4 is 5.78 Å². The Kier molecular flexibility index (Phi) is 4.83. The average Bonchev–Trinajstić information content (AvgIpc) is 2.89. The summed E-state index contributed by atoms with van der Waals surface area (Å²) < 4.78 is 5.94. The second-order valence-electron chi connectivity index (χ2n) is 6.80. The number of rotatable bonds is 4. The summed E-state index contributed by atoms with van der Waals surface area (Å²) in [5.41, 5.74) is 5.53. The molecular formula is C24H22O2. The van der Waals surface area contributed by atoms with E-state index in [1.165, 1.54) is 11.1 Å². The van der Waals surface area contributed by atoms with Crippen LogP contribution in [0.2, 0.25) is 0 Å². The lowest BCUT2D eigenvalue weighted by atomic mass is 10.0. The number of ether oxygens (including phenoxy) is 1. The quantitative estimate of drug-likeness (QED) is 0.557. The minimum Gasteiger partial charge on any atom is -0.489 e. The summed E-state index contributed by atoms with van der Waals surface area (Å²) in [6, 6.07) is 24.7. The minimum absolute atomic E-state index is 0.246. The molecule has 0 saturated carbocycles. The second kappa shape index (κ2) is 7.57. The van der Waals surface area contributed by atoms with Gasteiger partial charge in [-0.3, -0.25) is 4.79 Å². The van der Waals surface area contributed by atoms with E-state index in [4.69, 9.17) is 4.74 Å².